The summed E-state index contributed by atoms with van der Waals surface area (Å²) in [6.07, 6.45) is 1.92. The van der Waals surface area contributed by atoms with Crippen molar-refractivity contribution in [1.29, 1.82) is 0 Å². The van der Waals surface area contributed by atoms with Crippen molar-refractivity contribution >= 4 is 35.4 Å². The summed E-state index contributed by atoms with van der Waals surface area (Å²) in [5.41, 5.74) is 1.26. The van der Waals surface area contributed by atoms with E-state index in [9.17, 15) is 14.9 Å². The maximum atomic E-state index is 12.4. The molecule has 1 fully saturated rings. The molecule has 8 heteroatoms. The number of hydrogen-bond acceptors (Lipinski definition) is 5. The summed E-state index contributed by atoms with van der Waals surface area (Å²) in [6.45, 7) is 1.68. The number of para-hydroxylation sites is 1. The zero-order valence-corrected chi connectivity index (χ0v) is 14.9. The lowest BCUT2D eigenvalue weighted by atomic mass is 10.1. The lowest BCUT2D eigenvalue weighted by Gasteiger charge is -2.23. The molecular formula is C18H21ClN4O3. The molecule has 0 radical (unpaired) electrons. The van der Waals surface area contributed by atoms with E-state index in [0.29, 0.717) is 5.69 Å². The first kappa shape index (κ1) is 19.7. The molecule has 1 heterocycles. The topological polar surface area (TPSA) is 96.3 Å². The number of carbonyl (C=O) groups excluding carboxylic acids is 1. The van der Waals surface area contributed by atoms with Gasteiger partial charge in [0.1, 0.15) is 5.69 Å². The van der Waals surface area contributed by atoms with Crippen LogP contribution in [0.1, 0.15) is 23.2 Å². The summed E-state index contributed by atoms with van der Waals surface area (Å²) in [6, 6.07) is 13.7. The quantitative estimate of drug-likeness (QED) is 0.550. The second kappa shape index (κ2) is 9.17. The molecule has 1 unspecified atom stereocenters. The van der Waals surface area contributed by atoms with E-state index < -0.39 is 4.92 Å². The highest BCUT2D eigenvalue weighted by atomic mass is 35.5. The Bertz CT molecular complexity index is 764. The number of hydrogen-bond donors (Lipinski definition) is 3. The van der Waals surface area contributed by atoms with Gasteiger partial charge in [0, 0.05) is 29.9 Å². The van der Waals surface area contributed by atoms with Crippen LogP contribution in [0.4, 0.5) is 17.1 Å². The van der Waals surface area contributed by atoms with Gasteiger partial charge in [0.05, 0.1) is 4.92 Å². The number of nitrogens with zero attached hydrogens (tertiary/aromatic N) is 1. The highest BCUT2D eigenvalue weighted by molar-refractivity contribution is 5.96. The lowest BCUT2D eigenvalue weighted by molar-refractivity contribution is -0.383. The number of anilines is 2. The number of rotatable bonds is 5. The lowest BCUT2D eigenvalue weighted by Crippen LogP contribution is -2.45. The third-order valence-corrected chi connectivity index (χ3v) is 4.14. The van der Waals surface area contributed by atoms with Crippen LogP contribution in [0.25, 0.3) is 0 Å². The van der Waals surface area contributed by atoms with Gasteiger partial charge in [0.2, 0.25) is 0 Å². The number of nitro benzene ring substituents is 1. The van der Waals surface area contributed by atoms with Gasteiger partial charge in [-0.1, -0.05) is 18.2 Å². The Morgan fingerprint density at radius 1 is 1.19 bits per heavy atom. The normalized spacial score (nSPS) is 16.2. The van der Waals surface area contributed by atoms with Crippen LogP contribution >= 0.6 is 12.4 Å². The SMILES string of the molecule is Cl.O=C(NC1CCCNC1)c1ccc(Nc2ccccc2)c([N+](=O)[O-])c1. The number of nitrogens with one attached hydrogen (secondary N) is 3. The van der Waals surface area contributed by atoms with Gasteiger partial charge < -0.3 is 16.0 Å². The van der Waals surface area contributed by atoms with Gasteiger partial charge in [-0.15, -0.1) is 12.4 Å². The number of carbonyl (C=O) groups is 1. The van der Waals surface area contributed by atoms with Crippen molar-refractivity contribution in [3.8, 4) is 0 Å². The molecule has 1 aliphatic heterocycles. The average Bonchev–Trinajstić information content (AvgIpc) is 2.63. The molecule has 0 aromatic heterocycles. The van der Waals surface area contributed by atoms with Gasteiger partial charge in [0.15, 0.2) is 0 Å². The zero-order chi connectivity index (χ0) is 17.6. The summed E-state index contributed by atoms with van der Waals surface area (Å²) < 4.78 is 0. The molecule has 0 saturated carbocycles. The molecule has 1 aliphatic rings. The van der Waals surface area contributed by atoms with Crippen LogP contribution in [0.15, 0.2) is 48.5 Å². The smallest absolute Gasteiger partial charge is 0.293 e. The largest absolute Gasteiger partial charge is 0.350 e. The Morgan fingerprint density at radius 3 is 2.62 bits per heavy atom. The predicted octanol–water partition coefficient (Wildman–Crippen LogP) is 3.24. The van der Waals surface area contributed by atoms with Crippen molar-refractivity contribution in [2.45, 2.75) is 18.9 Å². The van der Waals surface area contributed by atoms with Crippen molar-refractivity contribution < 1.29 is 9.72 Å². The molecule has 1 saturated heterocycles. The second-order valence-corrected chi connectivity index (χ2v) is 6.00. The fourth-order valence-electron chi connectivity index (χ4n) is 2.85. The molecule has 2 aromatic rings. The van der Waals surface area contributed by atoms with Gasteiger partial charge in [-0.3, -0.25) is 14.9 Å². The van der Waals surface area contributed by atoms with E-state index in [2.05, 4.69) is 16.0 Å². The minimum absolute atomic E-state index is 0. The fraction of sp³-hybridized carbons (Fsp3) is 0.278. The molecule has 1 amide bonds. The van der Waals surface area contributed by atoms with Gasteiger partial charge in [-0.2, -0.15) is 0 Å². The first-order chi connectivity index (χ1) is 12.1. The third-order valence-electron chi connectivity index (χ3n) is 4.14. The first-order valence-corrected chi connectivity index (χ1v) is 8.25. The standard InChI is InChI=1S/C18H20N4O3.ClH/c23-18(21-15-7-4-10-19-12-15)13-8-9-16(17(11-13)22(24)25)20-14-5-2-1-3-6-14;/h1-3,5-6,8-9,11,15,19-20H,4,7,10,12H2,(H,21,23);1H. The zero-order valence-electron chi connectivity index (χ0n) is 14.1. The highest BCUT2D eigenvalue weighted by Gasteiger charge is 2.20. The van der Waals surface area contributed by atoms with Crippen LogP contribution < -0.4 is 16.0 Å². The number of nitro groups is 1. The van der Waals surface area contributed by atoms with E-state index in [0.717, 1.165) is 31.6 Å². The molecule has 0 bridgehead atoms. The Hall–Kier alpha value is -2.64. The Labute approximate surface area is 157 Å². The maximum absolute atomic E-state index is 12.4. The van der Waals surface area contributed by atoms with E-state index in [-0.39, 0.29) is 35.6 Å². The van der Waals surface area contributed by atoms with E-state index in [1.807, 2.05) is 30.3 Å². The fourth-order valence-corrected chi connectivity index (χ4v) is 2.85. The summed E-state index contributed by atoms with van der Waals surface area (Å²) in [5.74, 6) is -0.289. The van der Waals surface area contributed by atoms with Gasteiger partial charge in [0.25, 0.3) is 11.6 Å². The molecule has 3 rings (SSSR count). The van der Waals surface area contributed by atoms with Crippen molar-refractivity contribution in [2.24, 2.45) is 0 Å². The number of amides is 1. The van der Waals surface area contributed by atoms with Crippen LogP contribution in [0.5, 0.6) is 0 Å². The highest BCUT2D eigenvalue weighted by Crippen LogP contribution is 2.28. The molecule has 2 aromatic carbocycles. The molecule has 0 spiro atoms. The Kier molecular flexibility index (Phi) is 6.94. The third kappa shape index (κ3) is 4.93. The van der Waals surface area contributed by atoms with Crippen molar-refractivity contribution in [3.63, 3.8) is 0 Å². The number of benzene rings is 2. The van der Waals surface area contributed by atoms with Crippen LogP contribution in [-0.4, -0.2) is 30.0 Å². The predicted molar refractivity (Wildman–Crippen MR) is 103 cm³/mol. The van der Waals surface area contributed by atoms with Gasteiger partial charge in [-0.25, -0.2) is 0 Å². The summed E-state index contributed by atoms with van der Waals surface area (Å²) in [5, 5.41) is 20.6. The van der Waals surface area contributed by atoms with Crippen LogP contribution in [0, 0.1) is 10.1 Å². The molecule has 0 aliphatic carbocycles. The monoisotopic (exact) mass is 376 g/mol. The van der Waals surface area contributed by atoms with Crippen LogP contribution in [0.3, 0.4) is 0 Å². The molecule has 3 N–H and O–H groups in total. The van der Waals surface area contributed by atoms with E-state index in [1.54, 1.807) is 12.1 Å². The maximum Gasteiger partial charge on any atom is 0.293 e. The van der Waals surface area contributed by atoms with Gasteiger partial charge >= 0.3 is 0 Å². The summed E-state index contributed by atoms with van der Waals surface area (Å²) in [4.78, 5) is 23.3. The van der Waals surface area contributed by atoms with Crippen molar-refractivity contribution in [3.05, 3.63) is 64.2 Å². The van der Waals surface area contributed by atoms with E-state index >= 15 is 0 Å². The number of halogens is 1. The first-order valence-electron chi connectivity index (χ1n) is 8.25. The van der Waals surface area contributed by atoms with Crippen LogP contribution in [0.2, 0.25) is 0 Å². The molecular weight excluding hydrogens is 356 g/mol. The molecule has 138 valence electrons. The summed E-state index contributed by atoms with van der Waals surface area (Å²) in [7, 11) is 0. The molecule has 1 atom stereocenters. The summed E-state index contributed by atoms with van der Waals surface area (Å²) >= 11 is 0. The Morgan fingerprint density at radius 2 is 1.96 bits per heavy atom. The van der Waals surface area contributed by atoms with Crippen molar-refractivity contribution in [1.82, 2.24) is 10.6 Å². The number of piperidine rings is 1. The minimum atomic E-state index is -0.482. The minimum Gasteiger partial charge on any atom is -0.350 e. The average molecular weight is 377 g/mol. The van der Waals surface area contributed by atoms with Gasteiger partial charge in [-0.05, 0) is 43.7 Å². The van der Waals surface area contributed by atoms with E-state index in [4.69, 9.17) is 0 Å². The second-order valence-electron chi connectivity index (χ2n) is 6.00. The van der Waals surface area contributed by atoms with E-state index in [1.165, 1.54) is 6.07 Å². The Balaban J connectivity index is 0.00000243. The molecule has 26 heavy (non-hydrogen) atoms. The molecule has 7 nitrogen and oxygen atoms in total. The van der Waals surface area contributed by atoms with Crippen molar-refractivity contribution in [2.75, 3.05) is 18.4 Å². The van der Waals surface area contributed by atoms with Crippen LogP contribution in [-0.2, 0) is 0 Å².